The van der Waals surface area contributed by atoms with Crippen LogP contribution in [0.15, 0.2) is 17.4 Å². The lowest BCUT2D eigenvalue weighted by Gasteiger charge is -2.49. The maximum absolute atomic E-state index is 11.9. The minimum atomic E-state index is -0.450. The first-order chi connectivity index (χ1) is 8.61. The van der Waals surface area contributed by atoms with Gasteiger partial charge in [-0.1, -0.05) is 0 Å². The van der Waals surface area contributed by atoms with Crippen molar-refractivity contribution in [3.8, 4) is 0 Å². The van der Waals surface area contributed by atoms with E-state index in [0.717, 1.165) is 39.3 Å². The molecular formula is C12H19N2O4+. The SMILES string of the molecule is COC(=O)C(=C=C(O)OC)[N+]12CCN(CC1)CC2. The van der Waals surface area contributed by atoms with Crippen molar-refractivity contribution in [2.75, 3.05) is 53.5 Å². The van der Waals surface area contributed by atoms with Crippen molar-refractivity contribution < 1.29 is 23.9 Å². The molecule has 3 saturated heterocycles. The van der Waals surface area contributed by atoms with Gasteiger partial charge in [-0.2, -0.15) is 0 Å². The molecule has 18 heavy (non-hydrogen) atoms. The van der Waals surface area contributed by atoms with Crippen molar-refractivity contribution in [2.24, 2.45) is 0 Å². The van der Waals surface area contributed by atoms with Crippen LogP contribution >= 0.6 is 0 Å². The van der Waals surface area contributed by atoms with Gasteiger partial charge < -0.3 is 14.6 Å². The predicted octanol–water partition coefficient (Wildman–Crippen LogP) is -0.166. The Morgan fingerprint density at radius 3 is 2.17 bits per heavy atom. The maximum atomic E-state index is 11.9. The van der Waals surface area contributed by atoms with Crippen LogP contribution in [0.1, 0.15) is 0 Å². The number of quaternary nitrogens is 1. The second-order valence-electron chi connectivity index (χ2n) is 4.63. The van der Waals surface area contributed by atoms with Crippen molar-refractivity contribution in [2.45, 2.75) is 0 Å². The van der Waals surface area contributed by atoms with Gasteiger partial charge in [-0.3, -0.25) is 9.38 Å². The quantitative estimate of drug-likeness (QED) is 0.249. The van der Waals surface area contributed by atoms with Gasteiger partial charge in [0.05, 0.1) is 33.9 Å². The third kappa shape index (κ3) is 2.22. The van der Waals surface area contributed by atoms with E-state index in [1.165, 1.54) is 14.2 Å². The molecule has 3 aliphatic rings. The number of ether oxygens (including phenoxy) is 2. The van der Waals surface area contributed by atoms with E-state index in [0.29, 0.717) is 10.2 Å². The summed E-state index contributed by atoms with van der Waals surface area (Å²) in [5.41, 5.74) is 3.01. The molecule has 0 spiro atoms. The highest BCUT2D eigenvalue weighted by atomic mass is 16.6. The van der Waals surface area contributed by atoms with Gasteiger partial charge in [-0.25, -0.2) is 4.79 Å². The van der Waals surface area contributed by atoms with Gasteiger partial charge in [0.2, 0.25) is 0 Å². The summed E-state index contributed by atoms with van der Waals surface area (Å²) < 4.78 is 10.0. The van der Waals surface area contributed by atoms with Crippen molar-refractivity contribution in [1.82, 2.24) is 4.90 Å². The molecule has 0 aliphatic carbocycles. The highest BCUT2D eigenvalue weighted by Gasteiger charge is 2.45. The van der Waals surface area contributed by atoms with Crippen molar-refractivity contribution >= 4 is 5.97 Å². The van der Waals surface area contributed by atoms with Gasteiger partial charge in [0, 0.05) is 25.4 Å². The van der Waals surface area contributed by atoms with Crippen LogP contribution in [-0.2, 0) is 14.3 Å². The van der Waals surface area contributed by atoms with E-state index >= 15 is 0 Å². The number of methoxy groups -OCH3 is 2. The molecule has 100 valence electrons. The Balaban J connectivity index is 2.40. The van der Waals surface area contributed by atoms with E-state index in [1.54, 1.807) is 0 Å². The van der Waals surface area contributed by atoms with Crippen molar-refractivity contribution in [3.63, 3.8) is 0 Å². The Morgan fingerprint density at radius 1 is 1.17 bits per heavy atom. The van der Waals surface area contributed by atoms with Crippen LogP contribution in [0.3, 0.4) is 0 Å². The first-order valence-electron chi connectivity index (χ1n) is 6.02. The number of hydrogen-bond donors (Lipinski definition) is 1. The fraction of sp³-hybridized carbons (Fsp3) is 0.667. The third-order valence-electron chi connectivity index (χ3n) is 3.80. The molecule has 6 heteroatoms. The predicted molar refractivity (Wildman–Crippen MR) is 63.5 cm³/mol. The number of rotatable bonds is 3. The average molecular weight is 255 g/mol. The lowest BCUT2D eigenvalue weighted by atomic mass is 10.1. The Labute approximate surface area is 106 Å². The van der Waals surface area contributed by atoms with Gasteiger partial charge in [-0.15, -0.1) is 0 Å². The summed E-state index contributed by atoms with van der Waals surface area (Å²) in [6.45, 7) is 5.39. The lowest BCUT2D eigenvalue weighted by Crippen LogP contribution is -2.67. The maximum Gasteiger partial charge on any atom is 0.401 e. The van der Waals surface area contributed by atoms with Gasteiger partial charge in [0.25, 0.3) is 5.70 Å². The number of aliphatic hydroxyl groups is 1. The van der Waals surface area contributed by atoms with Crippen molar-refractivity contribution in [1.29, 1.82) is 0 Å². The van der Waals surface area contributed by atoms with E-state index < -0.39 is 5.97 Å². The third-order valence-corrected chi connectivity index (χ3v) is 3.80. The normalized spacial score (nSPS) is 29.3. The number of carbonyl (C=O) groups is 1. The van der Waals surface area contributed by atoms with E-state index in [4.69, 9.17) is 4.74 Å². The molecule has 0 aromatic carbocycles. The molecule has 0 atom stereocenters. The number of fused-ring (bicyclic) bond motifs is 3. The van der Waals surface area contributed by atoms with Crippen LogP contribution in [-0.4, -0.2) is 73.9 Å². The van der Waals surface area contributed by atoms with E-state index in [9.17, 15) is 9.90 Å². The number of esters is 1. The summed E-state index contributed by atoms with van der Waals surface area (Å²) >= 11 is 0. The van der Waals surface area contributed by atoms with E-state index in [-0.39, 0.29) is 5.95 Å². The molecular weight excluding hydrogens is 236 g/mol. The molecule has 0 radical (unpaired) electrons. The van der Waals surface area contributed by atoms with Crippen LogP contribution in [0.25, 0.3) is 0 Å². The zero-order chi connectivity index (χ0) is 13.2. The van der Waals surface area contributed by atoms with Gasteiger partial charge in [0.1, 0.15) is 0 Å². The van der Waals surface area contributed by atoms with Crippen LogP contribution in [0, 0.1) is 0 Å². The minimum absolute atomic E-state index is 0.358. The monoisotopic (exact) mass is 255 g/mol. The lowest BCUT2D eigenvalue weighted by molar-refractivity contribution is -0.902. The Hall–Kier alpha value is -1.49. The molecule has 0 amide bonds. The second kappa shape index (κ2) is 5.02. The number of nitrogens with zero attached hydrogens (tertiary/aromatic N) is 2. The van der Waals surface area contributed by atoms with Gasteiger partial charge in [-0.05, 0) is 0 Å². The van der Waals surface area contributed by atoms with Gasteiger partial charge >= 0.3 is 11.9 Å². The minimum Gasteiger partial charge on any atom is -0.475 e. The molecule has 3 heterocycles. The van der Waals surface area contributed by atoms with Crippen LogP contribution in [0.5, 0.6) is 0 Å². The summed E-state index contributed by atoms with van der Waals surface area (Å²) in [4.78, 5) is 14.3. The average Bonchev–Trinajstić information content (AvgIpc) is 2.45. The number of hydrogen-bond acceptors (Lipinski definition) is 5. The van der Waals surface area contributed by atoms with Gasteiger partial charge in [0.15, 0.2) is 0 Å². The molecule has 3 aliphatic heterocycles. The molecule has 0 aromatic heterocycles. The Bertz CT molecular complexity index is 391. The van der Waals surface area contributed by atoms with Crippen LogP contribution in [0.2, 0.25) is 0 Å². The van der Waals surface area contributed by atoms with E-state index in [1.807, 2.05) is 0 Å². The molecule has 3 fully saturated rings. The first kappa shape index (κ1) is 13.0. The summed E-state index contributed by atoms with van der Waals surface area (Å²) in [6.07, 6.45) is 0. The molecule has 0 unspecified atom stereocenters. The summed E-state index contributed by atoms with van der Waals surface area (Å²) in [5.74, 6) is -0.829. The zero-order valence-corrected chi connectivity index (χ0v) is 10.8. The smallest absolute Gasteiger partial charge is 0.401 e. The van der Waals surface area contributed by atoms with Crippen molar-refractivity contribution in [3.05, 3.63) is 17.4 Å². The first-order valence-corrected chi connectivity index (χ1v) is 6.02. The highest BCUT2D eigenvalue weighted by molar-refractivity contribution is 5.85. The molecule has 0 aromatic rings. The summed E-state index contributed by atoms with van der Waals surface area (Å²) in [5, 5.41) is 9.46. The van der Waals surface area contributed by atoms with Crippen LogP contribution < -0.4 is 0 Å². The Kier molecular flexibility index (Phi) is 3.61. The topological polar surface area (TPSA) is 59.0 Å². The molecule has 1 N–H and O–H groups in total. The molecule has 0 saturated carbocycles. The largest absolute Gasteiger partial charge is 0.475 e. The molecule has 3 rings (SSSR count). The highest BCUT2D eigenvalue weighted by Crippen LogP contribution is 2.26. The molecule has 6 nitrogen and oxygen atoms in total. The zero-order valence-electron chi connectivity index (χ0n) is 10.8. The number of piperazine rings is 3. The second-order valence-corrected chi connectivity index (χ2v) is 4.63. The fourth-order valence-corrected chi connectivity index (χ4v) is 2.62. The number of carbonyl (C=O) groups excluding carboxylic acids is 1. The van der Waals surface area contributed by atoms with E-state index in [2.05, 4.69) is 15.4 Å². The standard InChI is InChI=1S/C12H18N2O4/c1-17-11(15)9-10(12(16)18-2)14-6-3-13(4-7-14)5-8-14/h3-8H2,1-2H3/p+1. The van der Waals surface area contributed by atoms with Crippen LogP contribution in [0.4, 0.5) is 0 Å². The number of aliphatic hydroxyl groups excluding tert-OH is 1. The summed E-state index contributed by atoms with van der Waals surface area (Å²) in [6, 6.07) is 0. The fourth-order valence-electron chi connectivity index (χ4n) is 2.62. The Morgan fingerprint density at radius 2 is 1.72 bits per heavy atom. The summed E-state index contributed by atoms with van der Waals surface area (Å²) in [7, 11) is 2.68. The molecule has 2 bridgehead atoms.